The van der Waals surface area contributed by atoms with E-state index < -0.39 is 5.95 Å². The van der Waals surface area contributed by atoms with Crippen LogP contribution in [0, 0.1) is 5.95 Å². The summed E-state index contributed by atoms with van der Waals surface area (Å²) in [7, 11) is 0. The highest BCUT2D eigenvalue weighted by molar-refractivity contribution is 7.14. The molecule has 3 heterocycles. The molecule has 0 spiro atoms. The first-order valence-electron chi connectivity index (χ1n) is 6.36. The molecule has 0 aliphatic rings. The van der Waals surface area contributed by atoms with Gasteiger partial charge in [-0.2, -0.15) is 4.39 Å². The number of hydrogen-bond donors (Lipinski definition) is 0. The van der Waals surface area contributed by atoms with Gasteiger partial charge in [-0.25, -0.2) is 9.97 Å². The number of thiophene rings is 2. The Hall–Kier alpha value is -2.11. The fourth-order valence-electron chi connectivity index (χ4n) is 2.34. The van der Waals surface area contributed by atoms with Crippen molar-refractivity contribution >= 4 is 33.7 Å². The van der Waals surface area contributed by atoms with E-state index in [2.05, 4.69) is 9.97 Å². The lowest BCUT2D eigenvalue weighted by atomic mass is 10.1. The molecule has 0 atom stereocenters. The normalized spacial score (nSPS) is 11.1. The fourth-order valence-corrected chi connectivity index (χ4v) is 3.84. The molecule has 0 amide bonds. The molecule has 102 valence electrons. The molecule has 0 N–H and O–H groups in total. The number of hydrogen-bond acceptors (Lipinski definition) is 4. The van der Waals surface area contributed by atoms with E-state index in [-0.39, 0.29) is 0 Å². The van der Waals surface area contributed by atoms with Gasteiger partial charge >= 0.3 is 0 Å². The van der Waals surface area contributed by atoms with Gasteiger partial charge in [0.05, 0.1) is 11.7 Å². The molecule has 0 saturated carbocycles. The molecule has 2 nitrogen and oxygen atoms in total. The zero-order valence-electron chi connectivity index (χ0n) is 10.8. The van der Waals surface area contributed by atoms with E-state index in [1.807, 2.05) is 47.2 Å². The van der Waals surface area contributed by atoms with Crippen molar-refractivity contribution in [1.82, 2.24) is 9.97 Å². The Morgan fingerprint density at radius 1 is 0.810 bits per heavy atom. The van der Waals surface area contributed by atoms with Crippen LogP contribution < -0.4 is 0 Å². The van der Waals surface area contributed by atoms with Crippen molar-refractivity contribution in [1.29, 1.82) is 0 Å². The van der Waals surface area contributed by atoms with Gasteiger partial charge in [-0.15, -0.1) is 22.7 Å². The summed E-state index contributed by atoms with van der Waals surface area (Å²) in [6.07, 6.45) is 1.18. The lowest BCUT2D eigenvalue weighted by Gasteiger charge is -2.07. The highest BCUT2D eigenvalue weighted by Gasteiger charge is 2.13. The van der Waals surface area contributed by atoms with Crippen LogP contribution in [0.25, 0.3) is 31.9 Å². The number of nitrogens with zero attached hydrogens (tertiary/aromatic N) is 2. The molecule has 0 bridgehead atoms. The van der Waals surface area contributed by atoms with Gasteiger partial charge in [-0.3, -0.25) is 0 Å². The Morgan fingerprint density at radius 2 is 1.43 bits per heavy atom. The summed E-state index contributed by atoms with van der Waals surface area (Å²) in [5.74, 6) is -0.552. The Bertz CT molecular complexity index is 900. The van der Waals surface area contributed by atoms with E-state index in [1.54, 1.807) is 22.7 Å². The highest BCUT2D eigenvalue weighted by Crippen LogP contribution is 2.36. The second-order valence-corrected chi connectivity index (χ2v) is 6.40. The van der Waals surface area contributed by atoms with E-state index in [0.29, 0.717) is 5.52 Å². The largest absolute Gasteiger partial charge is 0.249 e. The van der Waals surface area contributed by atoms with Crippen LogP contribution in [-0.2, 0) is 0 Å². The van der Waals surface area contributed by atoms with E-state index in [4.69, 9.17) is 0 Å². The van der Waals surface area contributed by atoms with Crippen molar-refractivity contribution in [3.8, 4) is 20.9 Å². The summed E-state index contributed by atoms with van der Waals surface area (Å²) in [4.78, 5) is 10.5. The SMILES string of the molecule is Fc1cnc2c(-c3cccs3)ccc(-c3cccs3)c2n1. The summed E-state index contributed by atoms with van der Waals surface area (Å²) in [6, 6.07) is 12.1. The molecule has 1 aromatic carbocycles. The number of rotatable bonds is 2. The van der Waals surface area contributed by atoms with Gasteiger partial charge in [0, 0.05) is 20.9 Å². The van der Waals surface area contributed by atoms with Gasteiger partial charge in [-0.05, 0) is 22.9 Å². The Balaban J connectivity index is 2.06. The minimum Gasteiger partial charge on any atom is -0.249 e. The zero-order valence-corrected chi connectivity index (χ0v) is 12.4. The lowest BCUT2D eigenvalue weighted by molar-refractivity contribution is 0.583. The topological polar surface area (TPSA) is 25.8 Å². The van der Waals surface area contributed by atoms with Crippen molar-refractivity contribution < 1.29 is 4.39 Å². The molecule has 0 unspecified atom stereocenters. The van der Waals surface area contributed by atoms with Gasteiger partial charge in [0.25, 0.3) is 0 Å². The molecule has 0 radical (unpaired) electrons. The van der Waals surface area contributed by atoms with E-state index in [1.165, 1.54) is 6.20 Å². The maximum atomic E-state index is 13.6. The third-order valence-electron chi connectivity index (χ3n) is 3.24. The molecule has 3 aromatic heterocycles. The number of fused-ring (bicyclic) bond motifs is 1. The zero-order chi connectivity index (χ0) is 14.2. The van der Waals surface area contributed by atoms with Gasteiger partial charge in [0.2, 0.25) is 5.95 Å². The van der Waals surface area contributed by atoms with Gasteiger partial charge < -0.3 is 0 Å². The maximum Gasteiger partial charge on any atom is 0.231 e. The van der Waals surface area contributed by atoms with Crippen LogP contribution >= 0.6 is 22.7 Å². The second-order valence-electron chi connectivity index (χ2n) is 4.51. The average molecular weight is 312 g/mol. The Kier molecular flexibility index (Phi) is 3.02. The summed E-state index contributed by atoms with van der Waals surface area (Å²) >= 11 is 3.25. The van der Waals surface area contributed by atoms with E-state index in [0.717, 1.165) is 26.4 Å². The Labute approximate surface area is 128 Å². The first-order chi connectivity index (χ1) is 10.3. The average Bonchev–Trinajstić information content (AvgIpc) is 3.19. The number of aromatic nitrogens is 2. The minimum atomic E-state index is -0.552. The summed E-state index contributed by atoms with van der Waals surface area (Å²) in [5.41, 5.74) is 3.27. The highest BCUT2D eigenvalue weighted by atomic mass is 32.1. The fraction of sp³-hybridized carbons (Fsp3) is 0. The molecule has 5 heteroatoms. The Morgan fingerprint density at radius 3 is 2.00 bits per heavy atom. The minimum absolute atomic E-state index is 0.552. The van der Waals surface area contributed by atoms with Crippen LogP contribution in [0.3, 0.4) is 0 Å². The standard InChI is InChI=1S/C16H9FN2S2/c17-14-9-18-15-10(12-3-1-7-20-12)5-6-11(16(15)19-14)13-4-2-8-21-13/h1-9H. The first kappa shape index (κ1) is 12.6. The summed E-state index contributed by atoms with van der Waals surface area (Å²) in [5, 5.41) is 4.02. The third-order valence-corrected chi connectivity index (χ3v) is 5.05. The molecule has 0 fully saturated rings. The van der Waals surface area contributed by atoms with Crippen molar-refractivity contribution in [2.45, 2.75) is 0 Å². The quantitative estimate of drug-likeness (QED) is 0.507. The molecular formula is C16H9FN2S2. The summed E-state index contributed by atoms with van der Waals surface area (Å²) < 4.78 is 13.6. The molecule has 0 aliphatic heterocycles. The molecule has 4 rings (SSSR count). The van der Waals surface area contributed by atoms with Crippen molar-refractivity contribution in [2.75, 3.05) is 0 Å². The third kappa shape index (κ3) is 2.14. The summed E-state index contributed by atoms with van der Waals surface area (Å²) in [6.45, 7) is 0. The van der Waals surface area contributed by atoms with E-state index in [9.17, 15) is 4.39 Å². The second kappa shape index (κ2) is 5.02. The molecule has 0 aliphatic carbocycles. The van der Waals surface area contributed by atoms with Crippen molar-refractivity contribution in [3.63, 3.8) is 0 Å². The van der Waals surface area contributed by atoms with Crippen LogP contribution in [0.1, 0.15) is 0 Å². The predicted molar refractivity (Wildman–Crippen MR) is 86.1 cm³/mol. The van der Waals surface area contributed by atoms with Gasteiger partial charge in [0.15, 0.2) is 0 Å². The molecule has 21 heavy (non-hydrogen) atoms. The van der Waals surface area contributed by atoms with E-state index >= 15 is 0 Å². The van der Waals surface area contributed by atoms with Crippen molar-refractivity contribution in [3.05, 3.63) is 59.3 Å². The lowest BCUT2D eigenvalue weighted by Crippen LogP contribution is -1.92. The van der Waals surface area contributed by atoms with Crippen LogP contribution in [0.15, 0.2) is 53.4 Å². The monoisotopic (exact) mass is 312 g/mol. The smallest absolute Gasteiger partial charge is 0.231 e. The van der Waals surface area contributed by atoms with Crippen LogP contribution in [0.2, 0.25) is 0 Å². The predicted octanol–water partition coefficient (Wildman–Crippen LogP) is 5.23. The molecule has 4 aromatic rings. The maximum absolute atomic E-state index is 13.6. The van der Waals surface area contributed by atoms with Crippen LogP contribution in [-0.4, -0.2) is 9.97 Å². The van der Waals surface area contributed by atoms with Crippen molar-refractivity contribution in [2.24, 2.45) is 0 Å². The van der Waals surface area contributed by atoms with Gasteiger partial charge in [-0.1, -0.05) is 24.3 Å². The molecular weight excluding hydrogens is 303 g/mol. The first-order valence-corrected chi connectivity index (χ1v) is 8.12. The van der Waals surface area contributed by atoms with Gasteiger partial charge in [0.1, 0.15) is 5.52 Å². The molecule has 0 saturated heterocycles. The van der Waals surface area contributed by atoms with Crippen LogP contribution in [0.4, 0.5) is 4.39 Å². The number of benzene rings is 1. The van der Waals surface area contributed by atoms with Crippen LogP contribution in [0.5, 0.6) is 0 Å². The number of halogens is 1.